The molecule has 3 aromatic carbocycles. The molecule has 1 amide bonds. The van der Waals surface area contributed by atoms with Gasteiger partial charge in [-0.15, -0.1) is 0 Å². The van der Waals surface area contributed by atoms with Gasteiger partial charge in [-0.3, -0.25) is 0 Å². The number of rotatable bonds is 7. The largest absolute Gasteiger partial charge is 0.493 e. The van der Waals surface area contributed by atoms with Gasteiger partial charge in [0.2, 0.25) is 0 Å². The van der Waals surface area contributed by atoms with Crippen LogP contribution in [0.25, 0.3) is 11.1 Å². The average Bonchev–Trinajstić information content (AvgIpc) is 3.21. The Hall–Kier alpha value is -3.80. The Morgan fingerprint density at radius 3 is 2.31 bits per heavy atom. The van der Waals surface area contributed by atoms with Crippen molar-refractivity contribution in [1.29, 1.82) is 0 Å². The van der Waals surface area contributed by atoms with Gasteiger partial charge in [-0.05, 0) is 58.9 Å². The van der Waals surface area contributed by atoms with E-state index in [4.69, 9.17) is 14.2 Å². The molecule has 2 aliphatic rings. The summed E-state index contributed by atoms with van der Waals surface area (Å²) >= 11 is 0. The monoisotopic (exact) mass is 471 g/mol. The minimum Gasteiger partial charge on any atom is -0.493 e. The van der Waals surface area contributed by atoms with Gasteiger partial charge < -0.3 is 23.9 Å². The molecule has 1 unspecified atom stereocenters. The number of aldehydes is 1. The summed E-state index contributed by atoms with van der Waals surface area (Å²) in [5.41, 5.74) is 6.67. The smallest absolute Gasteiger partial charge is 0.410 e. The molecular weight excluding hydrogens is 442 g/mol. The first-order valence-corrected chi connectivity index (χ1v) is 12.0. The van der Waals surface area contributed by atoms with E-state index < -0.39 is 12.1 Å². The number of carbonyl (C=O) groups excluding carboxylic acids is 2. The highest BCUT2D eigenvalue weighted by Crippen LogP contribution is 2.45. The van der Waals surface area contributed by atoms with Crippen molar-refractivity contribution in [3.05, 3.63) is 82.9 Å². The zero-order chi connectivity index (χ0) is 24.4. The maximum Gasteiger partial charge on any atom is 0.410 e. The highest BCUT2D eigenvalue weighted by Gasteiger charge is 2.35. The third-order valence-corrected chi connectivity index (χ3v) is 6.97. The van der Waals surface area contributed by atoms with Crippen molar-refractivity contribution in [2.24, 2.45) is 0 Å². The SMILES string of the molecule is CCOc1cc2c(cc1OC)C(CC=O)N(C(=O)OCC1c3ccccc3-c3ccccc31)CC2. The predicted octanol–water partition coefficient (Wildman–Crippen LogP) is 5.53. The van der Waals surface area contributed by atoms with Gasteiger partial charge in [-0.2, -0.15) is 0 Å². The molecule has 0 saturated carbocycles. The second-order valence-electron chi connectivity index (χ2n) is 8.80. The quantitative estimate of drug-likeness (QED) is 0.424. The molecule has 0 spiro atoms. The summed E-state index contributed by atoms with van der Waals surface area (Å²) in [7, 11) is 1.59. The third kappa shape index (κ3) is 4.14. The summed E-state index contributed by atoms with van der Waals surface area (Å²) in [4.78, 5) is 26.6. The van der Waals surface area contributed by atoms with Crippen LogP contribution in [-0.2, 0) is 16.0 Å². The summed E-state index contributed by atoms with van der Waals surface area (Å²) < 4.78 is 17.1. The molecule has 5 rings (SSSR count). The van der Waals surface area contributed by atoms with Gasteiger partial charge in [-0.25, -0.2) is 4.79 Å². The van der Waals surface area contributed by atoms with Crippen LogP contribution in [0.1, 0.15) is 47.6 Å². The number of fused-ring (bicyclic) bond motifs is 4. The van der Waals surface area contributed by atoms with E-state index in [1.165, 1.54) is 22.3 Å². The van der Waals surface area contributed by atoms with Gasteiger partial charge in [0, 0.05) is 18.9 Å². The molecule has 0 aromatic heterocycles. The molecule has 35 heavy (non-hydrogen) atoms. The van der Waals surface area contributed by atoms with E-state index in [-0.39, 0.29) is 18.9 Å². The van der Waals surface area contributed by atoms with Crippen LogP contribution >= 0.6 is 0 Å². The fourth-order valence-electron chi connectivity index (χ4n) is 5.38. The van der Waals surface area contributed by atoms with E-state index >= 15 is 0 Å². The molecule has 0 radical (unpaired) electrons. The van der Waals surface area contributed by atoms with Crippen LogP contribution < -0.4 is 9.47 Å². The molecule has 1 aliphatic carbocycles. The van der Waals surface area contributed by atoms with E-state index in [1.54, 1.807) is 12.0 Å². The van der Waals surface area contributed by atoms with Crippen molar-refractivity contribution in [3.63, 3.8) is 0 Å². The molecule has 6 heteroatoms. The second kappa shape index (κ2) is 9.82. The summed E-state index contributed by atoms with van der Waals surface area (Å²) in [6.45, 7) is 3.17. The predicted molar refractivity (Wildman–Crippen MR) is 133 cm³/mol. The van der Waals surface area contributed by atoms with Gasteiger partial charge in [0.1, 0.15) is 12.9 Å². The van der Waals surface area contributed by atoms with Crippen LogP contribution in [0.15, 0.2) is 60.7 Å². The van der Waals surface area contributed by atoms with Crippen molar-refractivity contribution in [3.8, 4) is 22.6 Å². The van der Waals surface area contributed by atoms with E-state index in [2.05, 4.69) is 24.3 Å². The van der Waals surface area contributed by atoms with Crippen molar-refractivity contribution in [2.75, 3.05) is 26.9 Å². The number of amides is 1. The Labute approximate surface area is 205 Å². The fourth-order valence-corrected chi connectivity index (χ4v) is 5.38. The second-order valence-corrected chi connectivity index (χ2v) is 8.80. The number of ether oxygens (including phenoxy) is 3. The minimum absolute atomic E-state index is 0.0122. The summed E-state index contributed by atoms with van der Waals surface area (Å²) in [6.07, 6.45) is 1.29. The minimum atomic E-state index is -0.406. The molecule has 0 N–H and O–H groups in total. The summed E-state index contributed by atoms with van der Waals surface area (Å²) in [5.74, 6) is 1.26. The summed E-state index contributed by atoms with van der Waals surface area (Å²) in [5, 5.41) is 0. The molecule has 6 nitrogen and oxygen atoms in total. The first-order valence-electron chi connectivity index (χ1n) is 12.0. The van der Waals surface area contributed by atoms with Crippen LogP contribution in [0.2, 0.25) is 0 Å². The van der Waals surface area contributed by atoms with Crippen LogP contribution in [0.5, 0.6) is 11.5 Å². The van der Waals surface area contributed by atoms with E-state index in [0.717, 1.165) is 17.4 Å². The molecule has 0 saturated heterocycles. The number of carbonyl (C=O) groups is 2. The normalized spacial score (nSPS) is 16.2. The van der Waals surface area contributed by atoms with Crippen LogP contribution in [0, 0.1) is 0 Å². The third-order valence-electron chi connectivity index (χ3n) is 6.97. The van der Waals surface area contributed by atoms with Crippen molar-refractivity contribution in [2.45, 2.75) is 31.7 Å². The topological polar surface area (TPSA) is 65.1 Å². The maximum atomic E-state index is 13.3. The van der Waals surface area contributed by atoms with Crippen LogP contribution in [0.4, 0.5) is 4.79 Å². The first-order chi connectivity index (χ1) is 17.2. The molecule has 1 aliphatic heterocycles. The van der Waals surface area contributed by atoms with Gasteiger partial charge in [0.15, 0.2) is 11.5 Å². The number of benzene rings is 3. The van der Waals surface area contributed by atoms with E-state index in [9.17, 15) is 9.59 Å². The maximum absolute atomic E-state index is 13.3. The zero-order valence-electron chi connectivity index (χ0n) is 20.0. The molecule has 0 bridgehead atoms. The lowest BCUT2D eigenvalue weighted by atomic mass is 9.90. The lowest BCUT2D eigenvalue weighted by Gasteiger charge is -2.36. The molecular formula is C29H29NO5. The Kier molecular flexibility index (Phi) is 6.45. The summed E-state index contributed by atoms with van der Waals surface area (Å²) in [6, 6.07) is 20.0. The molecule has 1 atom stereocenters. The highest BCUT2D eigenvalue weighted by molar-refractivity contribution is 5.79. The Balaban J connectivity index is 1.38. The van der Waals surface area contributed by atoms with E-state index in [0.29, 0.717) is 31.1 Å². The molecule has 1 heterocycles. The number of hydrogen-bond donors (Lipinski definition) is 0. The van der Waals surface area contributed by atoms with Crippen LogP contribution in [0.3, 0.4) is 0 Å². The van der Waals surface area contributed by atoms with Crippen LogP contribution in [-0.4, -0.2) is 44.1 Å². The van der Waals surface area contributed by atoms with Gasteiger partial charge in [0.05, 0.1) is 19.8 Å². The van der Waals surface area contributed by atoms with Crippen molar-refractivity contribution >= 4 is 12.4 Å². The average molecular weight is 472 g/mol. The highest BCUT2D eigenvalue weighted by atomic mass is 16.6. The Morgan fingerprint density at radius 1 is 1.00 bits per heavy atom. The standard InChI is InChI=1S/C29H29NO5/c1-3-34-28-16-19-12-14-30(26(13-15-31)24(19)17-27(28)33-2)29(32)35-18-25-22-10-6-4-8-20(22)21-9-5-7-11-23(21)25/h4-11,15-17,25-26H,3,12-14,18H2,1-2H3. The number of methoxy groups -OCH3 is 1. The van der Waals surface area contributed by atoms with Crippen molar-refractivity contribution in [1.82, 2.24) is 4.90 Å². The molecule has 3 aromatic rings. The van der Waals surface area contributed by atoms with E-state index in [1.807, 2.05) is 43.3 Å². The lowest BCUT2D eigenvalue weighted by Crippen LogP contribution is -2.41. The van der Waals surface area contributed by atoms with Gasteiger partial charge >= 0.3 is 6.09 Å². The Bertz CT molecular complexity index is 1210. The Morgan fingerprint density at radius 2 is 1.69 bits per heavy atom. The number of nitrogens with zero attached hydrogens (tertiary/aromatic N) is 1. The van der Waals surface area contributed by atoms with Gasteiger partial charge in [-0.1, -0.05) is 48.5 Å². The fraction of sp³-hybridized carbons (Fsp3) is 0.310. The first kappa shape index (κ1) is 23.0. The lowest BCUT2D eigenvalue weighted by molar-refractivity contribution is -0.108. The number of hydrogen-bond acceptors (Lipinski definition) is 5. The van der Waals surface area contributed by atoms with Gasteiger partial charge in [0.25, 0.3) is 0 Å². The molecule has 180 valence electrons. The van der Waals surface area contributed by atoms with Crippen molar-refractivity contribution < 1.29 is 23.8 Å². The molecule has 0 fully saturated rings. The zero-order valence-corrected chi connectivity index (χ0v) is 20.0.